The number of aromatic carboxylic acids is 2. The van der Waals surface area contributed by atoms with Crippen molar-refractivity contribution in [2.45, 2.75) is 24.5 Å². The maximum Gasteiger partial charge on any atom is 0.425 e. The van der Waals surface area contributed by atoms with Crippen molar-refractivity contribution in [1.82, 2.24) is 9.78 Å². The number of carboxylic acid groups (broad SMARTS) is 2. The molecule has 1 aromatic heterocycles. The number of aromatic hydroxyl groups is 3. The summed E-state index contributed by atoms with van der Waals surface area (Å²) >= 11 is 0. The van der Waals surface area contributed by atoms with Crippen LogP contribution in [0, 0.1) is 16.7 Å². The summed E-state index contributed by atoms with van der Waals surface area (Å²) in [5.74, 6) is -7.87. The van der Waals surface area contributed by atoms with Gasteiger partial charge in [-0.25, -0.2) is 9.59 Å². The van der Waals surface area contributed by atoms with Gasteiger partial charge in [0.2, 0.25) is 5.88 Å². The molecule has 40 nitrogen and oxygen atoms in total. The Labute approximate surface area is 500 Å². The molecule has 0 aliphatic carbocycles. The number of nitrogen functional groups attached to an aromatic ring is 1. The number of phenols is 2. The second-order valence-electron chi connectivity index (χ2n) is 17.0. The van der Waals surface area contributed by atoms with Crippen molar-refractivity contribution in [1.29, 1.82) is 0 Å². The van der Waals surface area contributed by atoms with E-state index in [1.165, 1.54) is 0 Å². The summed E-state index contributed by atoms with van der Waals surface area (Å²) in [5, 5.41) is 94.6. The van der Waals surface area contributed by atoms with Crippen LogP contribution in [0.5, 0.6) is 17.4 Å². The largest absolute Gasteiger partial charge is 0.505 e. The van der Waals surface area contributed by atoms with Gasteiger partial charge in [0, 0.05) is 28.3 Å². The highest BCUT2D eigenvalue weighted by molar-refractivity contribution is 7.87. The van der Waals surface area contributed by atoms with Gasteiger partial charge in [-0.2, -0.15) is 57.4 Å². The summed E-state index contributed by atoms with van der Waals surface area (Å²) in [6, 6.07) is 10.7. The zero-order valence-corrected chi connectivity index (χ0v) is 47.9. The number of nitrogens with two attached hydrogens (primary N) is 1. The molecule has 8 aromatic rings. The molecule has 466 valence electrons. The molecule has 0 saturated heterocycles. The van der Waals surface area contributed by atoms with Crippen LogP contribution >= 0.6 is 0 Å². The summed E-state index contributed by atoms with van der Waals surface area (Å²) in [5.41, 5.74) is -3.72. The lowest BCUT2D eigenvalue weighted by Crippen LogP contribution is -2.09. The van der Waals surface area contributed by atoms with Crippen LogP contribution in [0.2, 0.25) is 0 Å². The van der Waals surface area contributed by atoms with E-state index in [4.69, 9.17) is 24.9 Å². The predicted octanol–water partition coefficient (Wildman–Crippen LogP) is 7.62. The van der Waals surface area contributed by atoms with E-state index in [1.807, 2.05) is 0 Å². The zero-order valence-electron chi connectivity index (χ0n) is 43.0. The molecule has 0 fully saturated rings. The molecule has 0 amide bonds. The molecule has 1 heterocycles. The van der Waals surface area contributed by atoms with Crippen molar-refractivity contribution >= 4 is 157 Å². The standard InChI is InChI=1S/C44H27N13O24S5.O3S/c1-46-41-37(42(60)56(55-41)30-14-19(82(67,68)69)4-5-21(30)43(61)62)54-51-28-12-17(2-11-31(28)83(70,71)72)47-53-36-33(85(76,77)78)15-23-20(38(36)58)6-10-27(40(23)86(79,80)81)50-52-29-16-32(84(73,74)75)22-7-9-26(39(59)34(22)35(29)45)49-48-25-8-3-18(57(65)66)13-24(25)44(63)64;1-4(2)3/h2-16,58-60H,45H2,(H,61,62)(H,63,64)(H,67,68,69)(H,70,71,72)(H,73,74,75)(H,76,77,78)(H,79,80,81);. The van der Waals surface area contributed by atoms with Crippen molar-refractivity contribution in [2.24, 2.45) is 40.9 Å². The molecule has 0 atom stereocenters. The van der Waals surface area contributed by atoms with Gasteiger partial charge in [-0.05, 0) is 77.9 Å². The van der Waals surface area contributed by atoms with E-state index in [0.29, 0.717) is 59.3 Å². The second-order valence-corrected chi connectivity index (χ2v) is 24.4. The average Bonchev–Trinajstić information content (AvgIpc) is 1.07. The van der Waals surface area contributed by atoms with Crippen molar-refractivity contribution in [3.05, 3.63) is 124 Å². The lowest BCUT2D eigenvalue weighted by Gasteiger charge is -2.13. The van der Waals surface area contributed by atoms with Gasteiger partial charge in [0.15, 0.2) is 17.2 Å². The van der Waals surface area contributed by atoms with Gasteiger partial charge in [-0.15, -0.1) is 42.9 Å². The number of nitrogens with zero attached hydrogens (tertiary/aromatic N) is 12. The van der Waals surface area contributed by atoms with Gasteiger partial charge >= 0.3 is 28.4 Å². The van der Waals surface area contributed by atoms with Crippen LogP contribution in [0.1, 0.15) is 20.7 Å². The van der Waals surface area contributed by atoms with Gasteiger partial charge in [-0.1, -0.05) is 12.6 Å². The fraction of sp³-hybridized carbons (Fsp3) is 0. The highest BCUT2D eigenvalue weighted by Crippen LogP contribution is 2.49. The maximum absolute atomic E-state index is 13.1. The number of fused-ring (bicyclic) bond motifs is 2. The minimum atomic E-state index is -5.70. The molecule has 0 bridgehead atoms. The zero-order chi connectivity index (χ0) is 67.1. The summed E-state index contributed by atoms with van der Waals surface area (Å²) < 4.78 is 202. The first-order chi connectivity index (χ1) is 41.6. The Morgan fingerprint density at radius 1 is 0.556 bits per heavy atom. The quantitative estimate of drug-likeness (QED) is 0.0104. The second kappa shape index (κ2) is 24.6. The number of azo groups is 4. The molecule has 0 saturated carbocycles. The van der Waals surface area contributed by atoms with Gasteiger partial charge in [-0.3, -0.25) is 32.9 Å². The predicted molar refractivity (Wildman–Crippen MR) is 296 cm³/mol. The van der Waals surface area contributed by atoms with Gasteiger partial charge < -0.3 is 36.1 Å². The van der Waals surface area contributed by atoms with E-state index in [1.54, 1.807) is 0 Å². The number of aromatic nitrogens is 2. The molecule has 90 heavy (non-hydrogen) atoms. The fourth-order valence-corrected chi connectivity index (χ4v) is 11.1. The van der Waals surface area contributed by atoms with Gasteiger partial charge in [0.05, 0.1) is 37.7 Å². The van der Waals surface area contributed by atoms with Crippen molar-refractivity contribution in [3.63, 3.8) is 0 Å². The molecule has 12 N–H and O–H groups in total. The van der Waals surface area contributed by atoms with Crippen LogP contribution in [0.3, 0.4) is 0 Å². The Balaban J connectivity index is 0.00000279. The summed E-state index contributed by atoms with van der Waals surface area (Å²) in [6.45, 7) is 7.51. The van der Waals surface area contributed by atoms with E-state index >= 15 is 0 Å². The summed E-state index contributed by atoms with van der Waals surface area (Å²) in [6.07, 6.45) is 0. The van der Waals surface area contributed by atoms with Crippen LogP contribution in [0.15, 0.2) is 156 Å². The first-order valence-corrected chi connectivity index (χ1v) is 30.8. The number of benzene rings is 7. The molecular formula is C44H27N13O27S6. The molecule has 0 radical (unpaired) electrons. The van der Waals surface area contributed by atoms with E-state index in [0.717, 1.165) is 36.4 Å². The first kappa shape index (κ1) is 66.4. The van der Waals surface area contributed by atoms with Crippen LogP contribution in [-0.2, 0) is 61.2 Å². The maximum atomic E-state index is 13.1. The van der Waals surface area contributed by atoms with Crippen LogP contribution in [0.4, 0.5) is 62.7 Å². The number of carbonyl (C=O) groups is 2. The van der Waals surface area contributed by atoms with Crippen molar-refractivity contribution in [2.75, 3.05) is 5.73 Å². The molecular weight excluding hydrogens is 1330 g/mol. The number of hydrogen-bond acceptors (Lipinski definition) is 30. The average molecular weight is 1360 g/mol. The van der Waals surface area contributed by atoms with Crippen molar-refractivity contribution in [3.8, 4) is 23.1 Å². The number of rotatable bonds is 17. The molecule has 0 spiro atoms. The number of nitro benzene ring substituents is 1. The third kappa shape index (κ3) is 14.0. The number of anilines is 1. The molecule has 0 aliphatic rings. The highest BCUT2D eigenvalue weighted by atomic mass is 32.2. The van der Waals surface area contributed by atoms with E-state index in [9.17, 15) is 110 Å². The van der Waals surface area contributed by atoms with Crippen LogP contribution < -0.4 is 5.73 Å². The smallest absolute Gasteiger partial charge is 0.425 e. The third-order valence-corrected chi connectivity index (χ3v) is 16.0. The topological polar surface area (TPSA) is 649 Å². The molecule has 46 heteroatoms. The number of hydrogen-bond donors (Lipinski definition) is 11. The first-order valence-electron chi connectivity index (χ1n) is 22.6. The third-order valence-electron chi connectivity index (χ3n) is 11.6. The Bertz CT molecular complexity index is 5400. The minimum Gasteiger partial charge on any atom is -0.505 e. The SMILES string of the molecule is O=S(=O)=O.[C-]#[N+]c1nn(-c2cc(S(=O)(=O)O)ccc2C(=O)O)c(O)c1N=Nc1cc(N=Nc2c(S(=O)(=O)O)cc3c(S(=O)(=O)O)c(N=Nc4cc(S(=O)(=O)O)c5ccc(N=Nc6ccc([N+](=O)[O-])cc6C(=O)O)c(O)c5c4N)ccc3c2O)ccc1S(=O)(=O)O. The van der Waals surface area contributed by atoms with Gasteiger partial charge in [0.1, 0.15) is 59.4 Å². The van der Waals surface area contributed by atoms with E-state index in [2.05, 4.69) is 50.9 Å². The Morgan fingerprint density at radius 2 is 1.10 bits per heavy atom. The molecule has 8 rings (SSSR count). The fourth-order valence-electron chi connectivity index (χ4n) is 7.81. The van der Waals surface area contributed by atoms with Crippen LogP contribution in [-0.4, -0.2) is 130 Å². The molecule has 0 unspecified atom stereocenters. The van der Waals surface area contributed by atoms with Crippen molar-refractivity contribution < 1.29 is 118 Å². The summed E-state index contributed by atoms with van der Waals surface area (Å²) in [4.78, 5) is 31.3. The molecule has 0 aliphatic heterocycles. The highest BCUT2D eigenvalue weighted by Gasteiger charge is 2.31. The number of non-ortho nitro benzene ring substituents is 1. The normalized spacial score (nSPS) is 12.4. The minimum absolute atomic E-state index is 0.298. The Kier molecular flexibility index (Phi) is 18.1. The summed E-state index contributed by atoms with van der Waals surface area (Å²) in [7, 11) is -30.1. The number of carboxylic acids is 2. The number of phenolic OH excluding ortho intramolecular Hbond substituents is 2. The van der Waals surface area contributed by atoms with Gasteiger partial charge in [0.25, 0.3) is 56.3 Å². The van der Waals surface area contributed by atoms with E-state index in [-0.39, 0.29) is 0 Å². The van der Waals surface area contributed by atoms with Crippen LogP contribution in [0.25, 0.3) is 32.1 Å². The number of nitro groups is 1. The molecule has 7 aromatic carbocycles. The van der Waals surface area contributed by atoms with E-state index < -0.39 is 221 Å². The lowest BCUT2D eigenvalue weighted by atomic mass is 10.1. The lowest BCUT2D eigenvalue weighted by molar-refractivity contribution is -0.384. The Morgan fingerprint density at radius 3 is 1.67 bits per heavy atom. The Hall–Kier alpha value is -11.1. The monoisotopic (exact) mass is 1360 g/mol.